The minimum atomic E-state index is 0.625. The molecule has 3 rings (SSSR count). The van der Waals surface area contributed by atoms with Crippen LogP contribution in [-0.2, 0) is 11.3 Å². The molecule has 0 bridgehead atoms. The van der Waals surface area contributed by atoms with Crippen molar-refractivity contribution in [3.8, 4) is 0 Å². The van der Waals surface area contributed by atoms with E-state index in [1.54, 1.807) is 6.20 Å². The van der Waals surface area contributed by atoms with Gasteiger partial charge < -0.3 is 4.57 Å². The van der Waals surface area contributed by atoms with Gasteiger partial charge in [-0.2, -0.15) is 4.99 Å². The summed E-state index contributed by atoms with van der Waals surface area (Å²) >= 11 is 0. The highest BCUT2D eigenvalue weighted by Gasteiger charge is 2.01. The van der Waals surface area contributed by atoms with Gasteiger partial charge in [-0.05, 0) is 29.8 Å². The Hall–Kier alpha value is -2.71. The minimum absolute atomic E-state index is 0.625. The van der Waals surface area contributed by atoms with Crippen LogP contribution in [0.15, 0.2) is 60.0 Å². The van der Waals surface area contributed by atoms with Crippen molar-refractivity contribution < 1.29 is 4.79 Å². The van der Waals surface area contributed by atoms with Gasteiger partial charge in [-0.15, -0.1) is 0 Å². The summed E-state index contributed by atoms with van der Waals surface area (Å²) in [6, 6.07) is 11.6. The molecule has 19 heavy (non-hydrogen) atoms. The molecule has 0 amide bonds. The van der Waals surface area contributed by atoms with E-state index in [0.29, 0.717) is 5.69 Å². The zero-order chi connectivity index (χ0) is 13.1. The van der Waals surface area contributed by atoms with Crippen LogP contribution in [0.4, 0.5) is 5.69 Å². The molecule has 0 saturated heterocycles. The van der Waals surface area contributed by atoms with Gasteiger partial charge in [-0.3, -0.25) is 4.98 Å². The molecule has 3 aromatic rings. The number of aliphatic imine (C=N–C) groups is 1. The average molecular weight is 249 g/mol. The highest BCUT2D eigenvalue weighted by molar-refractivity contribution is 5.78. The molecule has 0 radical (unpaired) electrons. The summed E-state index contributed by atoms with van der Waals surface area (Å²) in [5, 5.41) is 1.13. The van der Waals surface area contributed by atoms with E-state index in [1.807, 2.05) is 48.8 Å². The number of hydrogen-bond acceptors (Lipinski definition) is 3. The highest BCUT2D eigenvalue weighted by Crippen LogP contribution is 2.17. The molecule has 0 fully saturated rings. The van der Waals surface area contributed by atoms with Gasteiger partial charge in [0.2, 0.25) is 6.08 Å². The van der Waals surface area contributed by atoms with Gasteiger partial charge in [0.25, 0.3) is 0 Å². The lowest BCUT2D eigenvalue weighted by atomic mass is 10.2. The fourth-order valence-corrected chi connectivity index (χ4v) is 2.10. The van der Waals surface area contributed by atoms with E-state index in [4.69, 9.17) is 0 Å². The van der Waals surface area contributed by atoms with Gasteiger partial charge in [0.1, 0.15) is 0 Å². The van der Waals surface area contributed by atoms with Gasteiger partial charge in [-0.1, -0.05) is 12.1 Å². The molecule has 0 atom stereocenters. The van der Waals surface area contributed by atoms with Crippen molar-refractivity contribution in [2.24, 2.45) is 4.99 Å². The number of rotatable bonds is 3. The van der Waals surface area contributed by atoms with Crippen molar-refractivity contribution in [3.05, 3.63) is 60.6 Å². The fraction of sp³-hybridized carbons (Fsp3) is 0.0667. The van der Waals surface area contributed by atoms with Crippen LogP contribution in [0.1, 0.15) is 5.56 Å². The number of pyridine rings is 1. The first-order chi connectivity index (χ1) is 9.36. The molecule has 2 heterocycles. The first-order valence-corrected chi connectivity index (χ1v) is 5.92. The van der Waals surface area contributed by atoms with Crippen molar-refractivity contribution in [1.82, 2.24) is 9.55 Å². The Morgan fingerprint density at radius 3 is 2.79 bits per heavy atom. The first-order valence-electron chi connectivity index (χ1n) is 5.92. The highest BCUT2D eigenvalue weighted by atomic mass is 16.1. The van der Waals surface area contributed by atoms with E-state index in [0.717, 1.165) is 23.0 Å². The molecule has 2 aromatic heterocycles. The zero-order valence-corrected chi connectivity index (χ0v) is 10.2. The van der Waals surface area contributed by atoms with Crippen LogP contribution in [0.2, 0.25) is 0 Å². The second-order valence-corrected chi connectivity index (χ2v) is 4.25. The number of carbonyl (C=O) groups excluding carboxylic acids is 1. The second-order valence-electron chi connectivity index (χ2n) is 4.25. The number of aromatic nitrogens is 2. The summed E-state index contributed by atoms with van der Waals surface area (Å²) in [6.45, 7) is 0.776. The summed E-state index contributed by atoms with van der Waals surface area (Å²) in [6.07, 6.45) is 7.23. The van der Waals surface area contributed by atoms with Crippen LogP contribution in [0.5, 0.6) is 0 Å². The van der Waals surface area contributed by atoms with E-state index in [1.165, 1.54) is 6.08 Å². The Bertz CT molecular complexity index is 752. The third-order valence-electron chi connectivity index (χ3n) is 3.04. The Balaban J connectivity index is 1.90. The molecule has 0 saturated carbocycles. The summed E-state index contributed by atoms with van der Waals surface area (Å²) < 4.78 is 2.16. The number of nitrogens with zero attached hydrogens (tertiary/aromatic N) is 3. The van der Waals surface area contributed by atoms with Crippen molar-refractivity contribution in [2.75, 3.05) is 0 Å². The van der Waals surface area contributed by atoms with Crippen LogP contribution in [0.3, 0.4) is 0 Å². The van der Waals surface area contributed by atoms with E-state index in [-0.39, 0.29) is 0 Å². The summed E-state index contributed by atoms with van der Waals surface area (Å²) in [5.74, 6) is 0. The molecular weight excluding hydrogens is 238 g/mol. The Kier molecular flexibility index (Phi) is 2.93. The lowest BCUT2D eigenvalue weighted by Gasteiger charge is -2.05. The molecule has 0 aliphatic heterocycles. The van der Waals surface area contributed by atoms with E-state index < -0.39 is 0 Å². The maximum absolute atomic E-state index is 10.2. The maximum atomic E-state index is 10.2. The lowest BCUT2D eigenvalue weighted by Crippen LogP contribution is -1.97. The molecule has 1 aromatic carbocycles. The topological polar surface area (TPSA) is 47.2 Å². The zero-order valence-electron chi connectivity index (χ0n) is 10.2. The lowest BCUT2D eigenvalue weighted by molar-refractivity contribution is 0.565. The van der Waals surface area contributed by atoms with Gasteiger partial charge in [0.15, 0.2) is 0 Å². The van der Waals surface area contributed by atoms with Crippen LogP contribution in [0.25, 0.3) is 10.9 Å². The standard InChI is InChI=1S/C15H11N3O/c19-11-17-14-3-1-12(2-4-14)10-18-8-6-13-9-16-7-5-15(13)18/h1-9H,10H2. The van der Waals surface area contributed by atoms with Crippen LogP contribution >= 0.6 is 0 Å². The number of isocyanates is 1. The van der Waals surface area contributed by atoms with Gasteiger partial charge in [0, 0.05) is 30.5 Å². The maximum Gasteiger partial charge on any atom is 0.240 e. The predicted molar refractivity (Wildman–Crippen MR) is 73.1 cm³/mol. The van der Waals surface area contributed by atoms with Crippen molar-refractivity contribution in [2.45, 2.75) is 6.54 Å². The number of hydrogen-bond donors (Lipinski definition) is 0. The van der Waals surface area contributed by atoms with Crippen molar-refractivity contribution >= 4 is 22.7 Å². The third-order valence-corrected chi connectivity index (χ3v) is 3.04. The molecule has 0 unspecified atom stereocenters. The summed E-state index contributed by atoms with van der Waals surface area (Å²) in [4.78, 5) is 17.8. The minimum Gasteiger partial charge on any atom is -0.343 e. The second kappa shape index (κ2) is 4.88. The molecule has 92 valence electrons. The van der Waals surface area contributed by atoms with E-state index >= 15 is 0 Å². The van der Waals surface area contributed by atoms with Crippen molar-refractivity contribution in [1.29, 1.82) is 0 Å². The fourth-order valence-electron chi connectivity index (χ4n) is 2.10. The SMILES string of the molecule is O=C=Nc1ccc(Cn2ccc3cnccc32)cc1. The molecule has 4 nitrogen and oxygen atoms in total. The van der Waals surface area contributed by atoms with E-state index in [2.05, 4.69) is 14.5 Å². The molecular formula is C15H11N3O. The molecule has 0 aliphatic rings. The number of benzene rings is 1. The summed E-state index contributed by atoms with van der Waals surface area (Å²) in [7, 11) is 0. The van der Waals surface area contributed by atoms with Crippen LogP contribution in [-0.4, -0.2) is 15.6 Å². The van der Waals surface area contributed by atoms with Gasteiger partial charge >= 0.3 is 0 Å². The van der Waals surface area contributed by atoms with Crippen molar-refractivity contribution in [3.63, 3.8) is 0 Å². The predicted octanol–water partition coefficient (Wildman–Crippen LogP) is 3.05. The summed E-state index contributed by atoms with van der Waals surface area (Å²) in [5.41, 5.74) is 2.93. The smallest absolute Gasteiger partial charge is 0.240 e. The quantitative estimate of drug-likeness (QED) is 0.529. The van der Waals surface area contributed by atoms with Gasteiger partial charge in [0.05, 0.1) is 11.2 Å². The molecule has 0 spiro atoms. The number of fused-ring (bicyclic) bond motifs is 1. The van der Waals surface area contributed by atoms with Crippen LogP contribution < -0.4 is 0 Å². The normalized spacial score (nSPS) is 10.3. The monoisotopic (exact) mass is 249 g/mol. The van der Waals surface area contributed by atoms with Crippen LogP contribution in [0, 0.1) is 0 Å². The molecule has 4 heteroatoms. The largest absolute Gasteiger partial charge is 0.343 e. The van der Waals surface area contributed by atoms with Gasteiger partial charge in [-0.25, -0.2) is 4.79 Å². The molecule has 0 N–H and O–H groups in total. The first kappa shape index (κ1) is 11.4. The Morgan fingerprint density at radius 1 is 1.16 bits per heavy atom. The third kappa shape index (κ3) is 2.30. The van der Waals surface area contributed by atoms with E-state index in [9.17, 15) is 4.79 Å². The molecule has 0 aliphatic carbocycles. The average Bonchev–Trinajstić information content (AvgIpc) is 2.85. The Morgan fingerprint density at radius 2 is 2.00 bits per heavy atom. The Labute approximate surface area is 110 Å².